The number of halogens is 2. The van der Waals surface area contributed by atoms with Crippen LogP contribution in [0.1, 0.15) is 35.3 Å². The minimum absolute atomic E-state index is 0.170. The largest absolute Gasteiger partial charge is 0.485 e. The van der Waals surface area contributed by atoms with Crippen molar-refractivity contribution in [2.45, 2.75) is 25.5 Å². The highest BCUT2D eigenvalue weighted by atomic mass is 19.2. The number of aryl methyl sites for hydroxylation is 1. The third kappa shape index (κ3) is 2.27. The molecule has 0 bridgehead atoms. The third-order valence-corrected chi connectivity index (χ3v) is 3.62. The van der Waals surface area contributed by atoms with Crippen LogP contribution in [0.2, 0.25) is 0 Å². The molecule has 0 radical (unpaired) electrons. The van der Waals surface area contributed by atoms with Gasteiger partial charge < -0.3 is 10.5 Å². The van der Waals surface area contributed by atoms with Crippen LogP contribution in [0, 0.1) is 18.6 Å². The van der Waals surface area contributed by atoms with E-state index in [2.05, 4.69) is 0 Å². The van der Waals surface area contributed by atoms with E-state index in [9.17, 15) is 8.78 Å². The first-order valence-electron chi connectivity index (χ1n) is 6.52. The normalized spacial score (nSPS) is 21.2. The molecule has 20 heavy (non-hydrogen) atoms. The van der Waals surface area contributed by atoms with E-state index in [0.717, 1.165) is 17.2 Å². The fourth-order valence-electron chi connectivity index (χ4n) is 2.54. The van der Waals surface area contributed by atoms with E-state index >= 15 is 0 Å². The maximum atomic E-state index is 13.3. The Balaban J connectivity index is 1.94. The molecule has 4 heteroatoms. The van der Waals surface area contributed by atoms with Crippen molar-refractivity contribution in [2.75, 3.05) is 0 Å². The van der Waals surface area contributed by atoms with Crippen LogP contribution < -0.4 is 10.5 Å². The second kappa shape index (κ2) is 4.87. The molecule has 0 aromatic heterocycles. The Labute approximate surface area is 116 Å². The van der Waals surface area contributed by atoms with Gasteiger partial charge in [-0.1, -0.05) is 23.8 Å². The molecule has 0 saturated heterocycles. The van der Waals surface area contributed by atoms with E-state index in [1.165, 1.54) is 12.1 Å². The number of nitrogens with two attached hydrogens (primary N) is 1. The van der Waals surface area contributed by atoms with Crippen LogP contribution in [0.5, 0.6) is 5.75 Å². The van der Waals surface area contributed by atoms with Crippen LogP contribution in [0.25, 0.3) is 0 Å². The highest BCUT2D eigenvalue weighted by Gasteiger charge is 2.27. The van der Waals surface area contributed by atoms with Gasteiger partial charge in [-0.15, -0.1) is 0 Å². The Morgan fingerprint density at radius 2 is 1.90 bits per heavy atom. The average molecular weight is 275 g/mol. The molecule has 0 saturated carbocycles. The van der Waals surface area contributed by atoms with E-state index in [0.29, 0.717) is 17.7 Å². The first-order chi connectivity index (χ1) is 9.54. The van der Waals surface area contributed by atoms with Gasteiger partial charge in [-0.2, -0.15) is 0 Å². The summed E-state index contributed by atoms with van der Waals surface area (Å²) in [6, 6.07) is 9.47. The lowest BCUT2D eigenvalue weighted by Crippen LogP contribution is -2.24. The number of benzene rings is 2. The number of hydrogen-bond donors (Lipinski definition) is 1. The van der Waals surface area contributed by atoms with Gasteiger partial charge in [0, 0.05) is 18.0 Å². The molecule has 0 aliphatic carbocycles. The third-order valence-electron chi connectivity index (χ3n) is 3.62. The summed E-state index contributed by atoms with van der Waals surface area (Å²) in [5.41, 5.74) is 8.85. The number of rotatable bonds is 1. The summed E-state index contributed by atoms with van der Waals surface area (Å²) in [5, 5.41) is 0. The fourth-order valence-corrected chi connectivity index (χ4v) is 2.54. The Morgan fingerprint density at radius 1 is 1.10 bits per heavy atom. The smallest absolute Gasteiger partial charge is 0.159 e. The maximum Gasteiger partial charge on any atom is 0.159 e. The summed E-state index contributed by atoms with van der Waals surface area (Å²) in [6.07, 6.45) is 0.192. The molecular formula is C16H15F2NO. The SMILES string of the molecule is Cc1ccc2c(c1)[C@H](N)CC(c1ccc(F)c(F)c1)O2. The monoisotopic (exact) mass is 275 g/mol. The first-order valence-corrected chi connectivity index (χ1v) is 6.52. The predicted molar refractivity (Wildman–Crippen MR) is 72.5 cm³/mol. The van der Waals surface area contributed by atoms with Crippen molar-refractivity contribution in [3.05, 3.63) is 64.7 Å². The van der Waals surface area contributed by atoms with Gasteiger partial charge in [-0.05, 0) is 30.7 Å². The quantitative estimate of drug-likeness (QED) is 0.859. The second-order valence-electron chi connectivity index (χ2n) is 5.16. The summed E-state index contributed by atoms with van der Waals surface area (Å²) in [6.45, 7) is 1.99. The van der Waals surface area contributed by atoms with Crippen molar-refractivity contribution >= 4 is 0 Å². The zero-order valence-corrected chi connectivity index (χ0v) is 11.1. The van der Waals surface area contributed by atoms with E-state index < -0.39 is 11.6 Å². The second-order valence-corrected chi connectivity index (χ2v) is 5.16. The van der Waals surface area contributed by atoms with Gasteiger partial charge in [0.1, 0.15) is 11.9 Å². The van der Waals surface area contributed by atoms with Gasteiger partial charge in [0.2, 0.25) is 0 Å². The summed E-state index contributed by atoms with van der Waals surface area (Å²) in [4.78, 5) is 0. The molecule has 0 spiro atoms. The lowest BCUT2D eigenvalue weighted by atomic mass is 9.92. The summed E-state index contributed by atoms with van der Waals surface area (Å²) < 4.78 is 32.2. The van der Waals surface area contributed by atoms with Crippen LogP contribution in [0.3, 0.4) is 0 Å². The van der Waals surface area contributed by atoms with Crippen LogP contribution >= 0.6 is 0 Å². The minimum atomic E-state index is -0.866. The van der Waals surface area contributed by atoms with Gasteiger partial charge in [0.25, 0.3) is 0 Å². The zero-order valence-electron chi connectivity index (χ0n) is 11.1. The molecule has 2 atom stereocenters. The molecule has 1 aliphatic rings. The van der Waals surface area contributed by atoms with E-state index in [-0.39, 0.29) is 12.1 Å². The molecule has 3 rings (SSSR count). The molecule has 2 N–H and O–H groups in total. The highest BCUT2D eigenvalue weighted by molar-refractivity contribution is 5.41. The molecule has 2 aromatic carbocycles. The summed E-state index contributed by atoms with van der Waals surface area (Å²) in [7, 11) is 0. The predicted octanol–water partition coefficient (Wildman–Crippen LogP) is 3.80. The van der Waals surface area contributed by atoms with Crippen LogP contribution in [0.4, 0.5) is 8.78 Å². The lowest BCUT2D eigenvalue weighted by Gasteiger charge is -2.31. The zero-order chi connectivity index (χ0) is 14.3. The Bertz CT molecular complexity index is 657. The van der Waals surface area contributed by atoms with Gasteiger partial charge in [-0.25, -0.2) is 8.78 Å². The molecule has 0 fully saturated rings. The molecule has 2 aromatic rings. The maximum absolute atomic E-state index is 13.3. The van der Waals surface area contributed by atoms with Crippen molar-refractivity contribution < 1.29 is 13.5 Å². The first kappa shape index (κ1) is 13.1. The Hall–Kier alpha value is -1.94. The minimum Gasteiger partial charge on any atom is -0.485 e. The van der Waals surface area contributed by atoms with E-state index in [1.54, 1.807) is 0 Å². The number of hydrogen-bond acceptors (Lipinski definition) is 2. The Morgan fingerprint density at radius 3 is 2.65 bits per heavy atom. The van der Waals surface area contributed by atoms with Gasteiger partial charge in [-0.3, -0.25) is 0 Å². The van der Waals surface area contributed by atoms with Gasteiger partial charge >= 0.3 is 0 Å². The van der Waals surface area contributed by atoms with Crippen LogP contribution in [0.15, 0.2) is 36.4 Å². The highest BCUT2D eigenvalue weighted by Crippen LogP contribution is 2.40. The standard InChI is InChI=1S/C16H15F2NO/c1-9-2-5-15-11(6-9)14(19)8-16(20-15)10-3-4-12(17)13(18)7-10/h2-7,14,16H,8,19H2,1H3/t14-,16?/m1/s1. The van der Waals surface area contributed by atoms with Crippen molar-refractivity contribution in [3.63, 3.8) is 0 Å². The van der Waals surface area contributed by atoms with Crippen molar-refractivity contribution in [1.82, 2.24) is 0 Å². The molecule has 0 amide bonds. The molecule has 1 unspecified atom stereocenters. The van der Waals surface area contributed by atoms with Gasteiger partial charge in [0.15, 0.2) is 11.6 Å². The van der Waals surface area contributed by atoms with Crippen molar-refractivity contribution in [2.24, 2.45) is 5.73 Å². The molecule has 1 heterocycles. The van der Waals surface area contributed by atoms with E-state index in [4.69, 9.17) is 10.5 Å². The molecule has 1 aliphatic heterocycles. The van der Waals surface area contributed by atoms with Gasteiger partial charge in [0.05, 0.1) is 0 Å². The molecule has 104 valence electrons. The van der Waals surface area contributed by atoms with Crippen molar-refractivity contribution in [1.29, 1.82) is 0 Å². The number of fused-ring (bicyclic) bond motifs is 1. The van der Waals surface area contributed by atoms with E-state index in [1.807, 2.05) is 25.1 Å². The summed E-state index contributed by atoms with van der Waals surface area (Å²) >= 11 is 0. The topological polar surface area (TPSA) is 35.2 Å². The fraction of sp³-hybridized carbons (Fsp3) is 0.250. The van der Waals surface area contributed by atoms with Crippen LogP contribution in [-0.4, -0.2) is 0 Å². The molecular weight excluding hydrogens is 260 g/mol. The van der Waals surface area contributed by atoms with Crippen LogP contribution in [-0.2, 0) is 0 Å². The summed E-state index contributed by atoms with van der Waals surface area (Å²) in [5.74, 6) is -1.01. The number of ether oxygens (including phenoxy) is 1. The lowest BCUT2D eigenvalue weighted by molar-refractivity contribution is 0.161. The Kier molecular flexibility index (Phi) is 3.18. The average Bonchev–Trinajstić information content (AvgIpc) is 2.42. The molecule has 2 nitrogen and oxygen atoms in total. The van der Waals surface area contributed by atoms with Crippen molar-refractivity contribution in [3.8, 4) is 5.75 Å².